The van der Waals surface area contributed by atoms with Crippen LogP contribution in [-0.4, -0.2) is 16.0 Å². The quantitative estimate of drug-likeness (QED) is 0.478. The number of rotatable bonds is 0. The Morgan fingerprint density at radius 3 is 2.33 bits per heavy atom. The van der Waals surface area contributed by atoms with E-state index in [-0.39, 0.29) is 5.92 Å². The first kappa shape index (κ1) is 7.03. The van der Waals surface area contributed by atoms with E-state index in [1.807, 2.05) is 6.92 Å². The lowest BCUT2D eigenvalue weighted by atomic mass is 9.85. The van der Waals surface area contributed by atoms with Gasteiger partial charge in [0, 0.05) is 12.3 Å². The third-order valence-electron chi connectivity index (χ3n) is 2.22. The smallest absolute Gasteiger partial charge is 0.165 e. The molecule has 2 nitrogen and oxygen atoms in total. The molecule has 1 rings (SSSR count). The second-order valence-corrected chi connectivity index (χ2v) is 3.03. The lowest BCUT2D eigenvalue weighted by Crippen LogP contribution is -2.38. The van der Waals surface area contributed by atoms with E-state index in [0.717, 1.165) is 19.3 Å². The van der Waals surface area contributed by atoms with Crippen LogP contribution in [0.25, 0.3) is 0 Å². The van der Waals surface area contributed by atoms with Crippen molar-refractivity contribution in [3.8, 4) is 0 Å². The Morgan fingerprint density at radius 2 is 2.00 bits per heavy atom. The van der Waals surface area contributed by atoms with Gasteiger partial charge in [0.25, 0.3) is 0 Å². The van der Waals surface area contributed by atoms with Crippen LogP contribution in [0.1, 0.15) is 32.6 Å². The van der Waals surface area contributed by atoms with Crippen molar-refractivity contribution in [2.75, 3.05) is 0 Å². The molecule has 9 heavy (non-hydrogen) atoms. The van der Waals surface area contributed by atoms with E-state index in [1.165, 1.54) is 0 Å². The van der Waals surface area contributed by atoms with E-state index in [4.69, 9.17) is 0 Å². The molecule has 0 heterocycles. The minimum absolute atomic E-state index is 0.0613. The van der Waals surface area contributed by atoms with Gasteiger partial charge in [0.1, 0.15) is 0 Å². The molecule has 0 saturated heterocycles. The fourth-order valence-corrected chi connectivity index (χ4v) is 1.31. The molecule has 1 atom stereocenters. The van der Waals surface area contributed by atoms with Crippen molar-refractivity contribution in [3.05, 3.63) is 0 Å². The second-order valence-electron chi connectivity index (χ2n) is 3.03. The molecular weight excluding hydrogens is 116 g/mol. The number of aliphatic hydroxyl groups is 2. The lowest BCUT2D eigenvalue weighted by molar-refractivity contribution is -0.212. The minimum atomic E-state index is -1.36. The van der Waals surface area contributed by atoms with Gasteiger partial charge in [-0.1, -0.05) is 13.3 Å². The molecule has 1 aliphatic rings. The normalized spacial score (nSPS) is 34.3. The molecule has 0 aromatic carbocycles. The first-order valence-electron chi connectivity index (χ1n) is 3.58. The summed E-state index contributed by atoms with van der Waals surface area (Å²) >= 11 is 0. The average molecular weight is 130 g/mol. The Bertz CT molecular complexity index is 99.1. The summed E-state index contributed by atoms with van der Waals surface area (Å²) in [5.41, 5.74) is 0. The van der Waals surface area contributed by atoms with Crippen molar-refractivity contribution >= 4 is 0 Å². The lowest BCUT2D eigenvalue weighted by Gasteiger charge is -2.32. The summed E-state index contributed by atoms with van der Waals surface area (Å²) < 4.78 is 0. The van der Waals surface area contributed by atoms with Gasteiger partial charge in [0.15, 0.2) is 5.79 Å². The van der Waals surface area contributed by atoms with Gasteiger partial charge in [-0.2, -0.15) is 0 Å². The van der Waals surface area contributed by atoms with Crippen LogP contribution in [0.4, 0.5) is 0 Å². The van der Waals surface area contributed by atoms with Crippen molar-refractivity contribution < 1.29 is 10.2 Å². The third kappa shape index (κ3) is 1.43. The van der Waals surface area contributed by atoms with Crippen molar-refractivity contribution in [3.63, 3.8) is 0 Å². The first-order chi connectivity index (χ1) is 4.13. The summed E-state index contributed by atoms with van der Waals surface area (Å²) in [5, 5.41) is 18.4. The summed E-state index contributed by atoms with van der Waals surface area (Å²) in [5.74, 6) is -1.30. The van der Waals surface area contributed by atoms with Gasteiger partial charge in [-0.3, -0.25) is 0 Å². The van der Waals surface area contributed by atoms with Crippen LogP contribution in [0.15, 0.2) is 0 Å². The highest BCUT2D eigenvalue weighted by Gasteiger charge is 2.32. The zero-order valence-corrected chi connectivity index (χ0v) is 5.80. The summed E-state index contributed by atoms with van der Waals surface area (Å²) in [4.78, 5) is 0. The maximum absolute atomic E-state index is 9.20. The van der Waals surface area contributed by atoms with Gasteiger partial charge in [-0.25, -0.2) is 0 Å². The summed E-state index contributed by atoms with van der Waals surface area (Å²) in [6, 6.07) is 0. The SMILES string of the molecule is CC1CCCCC1(O)O. The second kappa shape index (κ2) is 2.27. The molecule has 1 unspecified atom stereocenters. The molecule has 0 aliphatic heterocycles. The molecule has 0 radical (unpaired) electrons. The fourth-order valence-electron chi connectivity index (χ4n) is 1.31. The average Bonchev–Trinajstić information content (AvgIpc) is 1.77. The van der Waals surface area contributed by atoms with Crippen LogP contribution in [0.3, 0.4) is 0 Å². The molecule has 54 valence electrons. The first-order valence-corrected chi connectivity index (χ1v) is 3.58. The zero-order chi connectivity index (χ0) is 6.91. The topological polar surface area (TPSA) is 40.5 Å². The van der Waals surface area contributed by atoms with E-state index in [9.17, 15) is 10.2 Å². The van der Waals surface area contributed by atoms with E-state index in [1.54, 1.807) is 0 Å². The molecule has 0 aromatic heterocycles. The van der Waals surface area contributed by atoms with E-state index >= 15 is 0 Å². The number of hydrogen-bond acceptors (Lipinski definition) is 2. The predicted molar refractivity (Wildman–Crippen MR) is 34.8 cm³/mol. The molecule has 0 bridgehead atoms. The number of hydrogen-bond donors (Lipinski definition) is 2. The maximum Gasteiger partial charge on any atom is 0.165 e. The van der Waals surface area contributed by atoms with Gasteiger partial charge >= 0.3 is 0 Å². The zero-order valence-electron chi connectivity index (χ0n) is 5.80. The van der Waals surface area contributed by atoms with Gasteiger partial charge in [0.2, 0.25) is 0 Å². The van der Waals surface area contributed by atoms with Gasteiger partial charge < -0.3 is 10.2 Å². The standard InChI is InChI=1S/C7H14O2/c1-6-4-2-3-5-7(6,8)9/h6,8-9H,2-5H2,1H3. The molecule has 2 heteroatoms. The molecule has 1 aliphatic carbocycles. The summed E-state index contributed by atoms with van der Waals surface area (Å²) in [6.07, 6.45) is 3.60. The van der Waals surface area contributed by atoms with Gasteiger partial charge in [-0.15, -0.1) is 0 Å². The fraction of sp³-hybridized carbons (Fsp3) is 1.00. The van der Waals surface area contributed by atoms with Crippen molar-refractivity contribution in [1.29, 1.82) is 0 Å². The maximum atomic E-state index is 9.20. The highest BCUT2D eigenvalue weighted by Crippen LogP contribution is 2.30. The van der Waals surface area contributed by atoms with Gasteiger partial charge in [0.05, 0.1) is 0 Å². The Balaban J connectivity index is 2.49. The largest absolute Gasteiger partial charge is 0.365 e. The van der Waals surface area contributed by atoms with Crippen LogP contribution >= 0.6 is 0 Å². The van der Waals surface area contributed by atoms with Crippen LogP contribution in [0.2, 0.25) is 0 Å². The van der Waals surface area contributed by atoms with Crippen LogP contribution in [0, 0.1) is 5.92 Å². The molecule has 2 N–H and O–H groups in total. The third-order valence-corrected chi connectivity index (χ3v) is 2.22. The van der Waals surface area contributed by atoms with Crippen molar-refractivity contribution in [2.45, 2.75) is 38.4 Å². The Labute approximate surface area is 55.5 Å². The van der Waals surface area contributed by atoms with Gasteiger partial charge in [-0.05, 0) is 12.8 Å². The van der Waals surface area contributed by atoms with Crippen molar-refractivity contribution in [1.82, 2.24) is 0 Å². The Morgan fingerprint density at radius 1 is 1.33 bits per heavy atom. The molecule has 0 amide bonds. The Hall–Kier alpha value is -0.0800. The molecule has 1 saturated carbocycles. The molecule has 0 spiro atoms. The summed E-state index contributed by atoms with van der Waals surface area (Å²) in [7, 11) is 0. The molecule has 0 aromatic rings. The van der Waals surface area contributed by atoms with E-state index in [2.05, 4.69) is 0 Å². The van der Waals surface area contributed by atoms with E-state index < -0.39 is 5.79 Å². The van der Waals surface area contributed by atoms with Crippen LogP contribution < -0.4 is 0 Å². The Kier molecular flexibility index (Phi) is 1.78. The van der Waals surface area contributed by atoms with Crippen molar-refractivity contribution in [2.24, 2.45) is 5.92 Å². The molecular formula is C7H14O2. The van der Waals surface area contributed by atoms with E-state index in [0.29, 0.717) is 6.42 Å². The monoisotopic (exact) mass is 130 g/mol. The highest BCUT2D eigenvalue weighted by molar-refractivity contribution is 4.76. The van der Waals surface area contributed by atoms with Crippen LogP contribution in [0.5, 0.6) is 0 Å². The highest BCUT2D eigenvalue weighted by atomic mass is 16.5. The molecule has 1 fully saturated rings. The predicted octanol–water partition coefficient (Wildman–Crippen LogP) is 0.877. The van der Waals surface area contributed by atoms with Crippen LogP contribution in [-0.2, 0) is 0 Å². The summed E-state index contributed by atoms with van der Waals surface area (Å²) in [6.45, 7) is 1.89. The minimum Gasteiger partial charge on any atom is -0.365 e.